The maximum Gasteiger partial charge on any atom is 0.107 e. The zero-order valence-electron chi connectivity index (χ0n) is 14.1. The second-order valence-corrected chi connectivity index (χ2v) is 8.72. The van der Waals surface area contributed by atoms with Crippen LogP contribution < -0.4 is 0 Å². The van der Waals surface area contributed by atoms with Crippen LogP contribution in [0.4, 0.5) is 0 Å². The summed E-state index contributed by atoms with van der Waals surface area (Å²) >= 11 is 1.79. The Morgan fingerprint density at radius 2 is 2.17 bits per heavy atom. The van der Waals surface area contributed by atoms with Crippen molar-refractivity contribution in [2.24, 2.45) is 11.3 Å². The molecule has 23 heavy (non-hydrogen) atoms. The van der Waals surface area contributed by atoms with Gasteiger partial charge in [-0.25, -0.2) is 4.98 Å². The van der Waals surface area contributed by atoms with Gasteiger partial charge in [0.2, 0.25) is 0 Å². The molecule has 5 heteroatoms. The molecule has 2 saturated heterocycles. The van der Waals surface area contributed by atoms with Crippen molar-refractivity contribution in [1.29, 1.82) is 0 Å². The molecule has 1 aromatic heterocycles. The molecule has 1 aliphatic carbocycles. The molecule has 2 aliphatic heterocycles. The fourth-order valence-corrected chi connectivity index (χ4v) is 4.67. The molecule has 0 amide bonds. The van der Waals surface area contributed by atoms with Gasteiger partial charge in [-0.1, -0.05) is 0 Å². The highest BCUT2D eigenvalue weighted by Gasteiger charge is 2.42. The molecule has 0 bridgehead atoms. The number of hydrogen-bond acceptors (Lipinski definition) is 5. The first-order chi connectivity index (χ1) is 11.2. The Balaban J connectivity index is 1.21. The molecule has 3 heterocycles. The van der Waals surface area contributed by atoms with Gasteiger partial charge in [0.15, 0.2) is 0 Å². The summed E-state index contributed by atoms with van der Waals surface area (Å²) in [5.74, 6) is 0.850. The van der Waals surface area contributed by atoms with E-state index in [9.17, 15) is 0 Å². The summed E-state index contributed by atoms with van der Waals surface area (Å²) in [5.41, 5.74) is 1.57. The number of thiazole rings is 1. The Bertz CT molecular complexity index is 521. The lowest BCUT2D eigenvalue weighted by Gasteiger charge is -2.38. The maximum absolute atomic E-state index is 6.05. The third-order valence-corrected chi connectivity index (χ3v) is 6.53. The standard InChI is InChI=1S/C18H28N2O2S/c1-14-12-23-17(19-14)9-20-6-4-18(5-7-20)8-16(22-13-18)11-21-10-15-2-3-15/h12,15-16H,2-11,13H2,1H3/t16-/m0/s1. The zero-order valence-corrected chi connectivity index (χ0v) is 14.9. The lowest BCUT2D eigenvalue weighted by molar-refractivity contribution is 0.00917. The van der Waals surface area contributed by atoms with E-state index in [1.165, 1.54) is 50.2 Å². The number of rotatable bonds is 6. The number of ether oxygens (including phenoxy) is 2. The van der Waals surface area contributed by atoms with Gasteiger partial charge < -0.3 is 9.47 Å². The third kappa shape index (κ3) is 4.13. The quantitative estimate of drug-likeness (QED) is 0.799. The Hall–Kier alpha value is -0.490. The maximum atomic E-state index is 6.05. The van der Waals surface area contributed by atoms with E-state index >= 15 is 0 Å². The van der Waals surface area contributed by atoms with Gasteiger partial charge >= 0.3 is 0 Å². The number of piperidine rings is 1. The lowest BCUT2D eigenvalue weighted by Crippen LogP contribution is -2.40. The van der Waals surface area contributed by atoms with Crippen LogP contribution in [0.5, 0.6) is 0 Å². The smallest absolute Gasteiger partial charge is 0.107 e. The van der Waals surface area contributed by atoms with Crippen LogP contribution in [-0.4, -0.2) is 48.9 Å². The van der Waals surface area contributed by atoms with E-state index in [4.69, 9.17) is 9.47 Å². The van der Waals surface area contributed by atoms with Crippen LogP contribution in [-0.2, 0) is 16.0 Å². The molecule has 3 aliphatic rings. The monoisotopic (exact) mass is 336 g/mol. The summed E-state index contributed by atoms with van der Waals surface area (Å²) in [6, 6.07) is 0. The first-order valence-corrected chi connectivity index (χ1v) is 9.91. The molecule has 4 rings (SSSR count). The van der Waals surface area contributed by atoms with E-state index in [0.29, 0.717) is 11.5 Å². The average molecular weight is 337 g/mol. The SMILES string of the molecule is Cc1csc(CN2CCC3(CC2)CO[C@H](COCC2CC2)C3)n1. The van der Waals surface area contributed by atoms with Gasteiger partial charge in [-0.15, -0.1) is 11.3 Å². The van der Waals surface area contributed by atoms with Crippen LogP contribution in [0.1, 0.15) is 42.8 Å². The van der Waals surface area contributed by atoms with Crippen molar-refractivity contribution >= 4 is 11.3 Å². The van der Waals surface area contributed by atoms with Gasteiger partial charge in [-0.3, -0.25) is 4.90 Å². The molecule has 0 aromatic carbocycles. The van der Waals surface area contributed by atoms with Crippen molar-refractivity contribution in [3.63, 3.8) is 0 Å². The van der Waals surface area contributed by atoms with E-state index in [2.05, 4.69) is 22.2 Å². The first-order valence-electron chi connectivity index (χ1n) is 9.04. The van der Waals surface area contributed by atoms with Crippen LogP contribution in [0.15, 0.2) is 5.38 Å². The van der Waals surface area contributed by atoms with Crippen molar-refractivity contribution in [3.8, 4) is 0 Å². The summed E-state index contributed by atoms with van der Waals surface area (Å²) in [4.78, 5) is 7.15. The van der Waals surface area contributed by atoms with Crippen LogP contribution >= 0.6 is 11.3 Å². The summed E-state index contributed by atoms with van der Waals surface area (Å²) in [5, 5.41) is 3.41. The Morgan fingerprint density at radius 1 is 1.35 bits per heavy atom. The Labute approximate surface area is 143 Å². The minimum atomic E-state index is 0.335. The fourth-order valence-electron chi connectivity index (χ4n) is 3.85. The summed E-state index contributed by atoms with van der Waals surface area (Å²) in [6.07, 6.45) is 6.78. The molecule has 0 unspecified atom stereocenters. The second kappa shape index (κ2) is 6.79. The topological polar surface area (TPSA) is 34.6 Å². The molecule has 0 N–H and O–H groups in total. The summed E-state index contributed by atoms with van der Waals surface area (Å²) in [7, 11) is 0. The van der Waals surface area contributed by atoms with Gasteiger partial charge in [0.25, 0.3) is 0 Å². The summed E-state index contributed by atoms with van der Waals surface area (Å²) in [6.45, 7) is 8.15. The zero-order chi connectivity index (χ0) is 15.7. The van der Waals surface area contributed by atoms with E-state index in [1.807, 2.05) is 0 Å². The van der Waals surface area contributed by atoms with E-state index in [-0.39, 0.29) is 0 Å². The molecular formula is C18H28N2O2S. The lowest BCUT2D eigenvalue weighted by atomic mass is 9.77. The van der Waals surface area contributed by atoms with Gasteiger partial charge in [0, 0.05) is 17.7 Å². The van der Waals surface area contributed by atoms with Gasteiger partial charge in [0.1, 0.15) is 5.01 Å². The van der Waals surface area contributed by atoms with Crippen molar-refractivity contribution in [2.45, 2.75) is 51.7 Å². The van der Waals surface area contributed by atoms with Crippen molar-refractivity contribution in [2.75, 3.05) is 32.9 Å². The van der Waals surface area contributed by atoms with E-state index < -0.39 is 0 Å². The molecular weight excluding hydrogens is 308 g/mol. The Morgan fingerprint density at radius 3 is 2.87 bits per heavy atom. The van der Waals surface area contributed by atoms with Crippen molar-refractivity contribution in [3.05, 3.63) is 16.1 Å². The molecule has 1 aromatic rings. The molecule has 4 nitrogen and oxygen atoms in total. The van der Waals surface area contributed by atoms with E-state index in [0.717, 1.165) is 38.0 Å². The molecule has 3 fully saturated rings. The largest absolute Gasteiger partial charge is 0.378 e. The third-order valence-electron chi connectivity index (χ3n) is 5.58. The minimum Gasteiger partial charge on any atom is -0.378 e. The number of likely N-dealkylation sites (tertiary alicyclic amines) is 1. The van der Waals surface area contributed by atoms with Crippen molar-refractivity contribution < 1.29 is 9.47 Å². The van der Waals surface area contributed by atoms with Crippen LogP contribution in [0.3, 0.4) is 0 Å². The van der Waals surface area contributed by atoms with Gasteiger partial charge in [-0.05, 0) is 63.5 Å². The molecule has 128 valence electrons. The minimum absolute atomic E-state index is 0.335. The number of nitrogens with zero attached hydrogens (tertiary/aromatic N) is 2. The second-order valence-electron chi connectivity index (χ2n) is 7.78. The molecule has 1 spiro atoms. The van der Waals surface area contributed by atoms with E-state index in [1.54, 1.807) is 11.3 Å². The van der Waals surface area contributed by atoms with Crippen LogP contribution in [0.25, 0.3) is 0 Å². The number of hydrogen-bond donors (Lipinski definition) is 0. The average Bonchev–Trinajstić information content (AvgIpc) is 3.16. The van der Waals surface area contributed by atoms with Gasteiger partial charge in [0.05, 0.1) is 25.9 Å². The molecule has 1 saturated carbocycles. The molecule has 1 atom stereocenters. The number of aryl methyl sites for hydroxylation is 1. The van der Waals surface area contributed by atoms with Crippen molar-refractivity contribution in [1.82, 2.24) is 9.88 Å². The predicted molar refractivity (Wildman–Crippen MR) is 91.7 cm³/mol. The molecule has 0 radical (unpaired) electrons. The highest BCUT2D eigenvalue weighted by Crippen LogP contribution is 2.42. The number of aromatic nitrogens is 1. The normalized spacial score (nSPS) is 27.8. The highest BCUT2D eigenvalue weighted by atomic mass is 32.1. The first kappa shape index (κ1) is 16.0. The van der Waals surface area contributed by atoms with Gasteiger partial charge in [-0.2, -0.15) is 0 Å². The highest BCUT2D eigenvalue weighted by molar-refractivity contribution is 7.09. The van der Waals surface area contributed by atoms with Crippen LogP contribution in [0.2, 0.25) is 0 Å². The van der Waals surface area contributed by atoms with Crippen LogP contribution in [0, 0.1) is 18.3 Å². The Kier molecular flexibility index (Phi) is 4.72. The predicted octanol–water partition coefficient (Wildman–Crippen LogP) is 3.25. The fraction of sp³-hybridized carbons (Fsp3) is 0.833. The summed E-state index contributed by atoms with van der Waals surface area (Å²) < 4.78 is 11.9.